The van der Waals surface area contributed by atoms with Crippen LogP contribution >= 0.6 is 23.2 Å². The van der Waals surface area contributed by atoms with E-state index in [1.807, 2.05) is 0 Å². The molecule has 0 spiro atoms. The second-order valence-electron chi connectivity index (χ2n) is 3.90. The molecule has 8 heteroatoms. The molecule has 0 amide bonds. The molecule has 0 atom stereocenters. The molecule has 0 aliphatic heterocycles. The molecule has 96 valence electrons. The maximum absolute atomic E-state index is 12.2. The van der Waals surface area contributed by atoms with Gasteiger partial charge in [-0.3, -0.25) is 4.79 Å². The monoisotopic (exact) mass is 297 g/mol. The number of aromatic amines is 1. The Hall–Kier alpha value is -2.05. The Morgan fingerprint density at radius 2 is 1.95 bits per heavy atom. The zero-order chi connectivity index (χ0) is 13.7. The van der Waals surface area contributed by atoms with E-state index < -0.39 is 11.4 Å². The van der Waals surface area contributed by atoms with Crippen molar-refractivity contribution in [1.29, 1.82) is 0 Å². The second kappa shape index (κ2) is 3.97. The maximum Gasteiger partial charge on any atom is 0.304 e. The molecule has 3 rings (SSSR count). The minimum Gasteiger partial charge on any atom is -0.618 e. The van der Waals surface area contributed by atoms with Crippen LogP contribution in [-0.2, 0) is 0 Å². The number of fused-ring (bicyclic) bond motifs is 2. The van der Waals surface area contributed by atoms with Gasteiger partial charge in [0.1, 0.15) is 5.39 Å². The van der Waals surface area contributed by atoms with Crippen molar-refractivity contribution in [2.75, 3.05) is 0 Å². The van der Waals surface area contributed by atoms with Crippen molar-refractivity contribution in [2.45, 2.75) is 0 Å². The molecule has 19 heavy (non-hydrogen) atoms. The first-order valence-electron chi connectivity index (χ1n) is 5.11. The molecule has 2 aromatic heterocycles. The molecule has 2 N–H and O–H groups in total. The summed E-state index contributed by atoms with van der Waals surface area (Å²) in [5.41, 5.74) is -0.607. The van der Waals surface area contributed by atoms with E-state index >= 15 is 0 Å². The number of nitrogens with zero attached hydrogens (tertiary/aromatic N) is 2. The summed E-state index contributed by atoms with van der Waals surface area (Å²) < 4.78 is 0.407. The highest BCUT2D eigenvalue weighted by Crippen LogP contribution is 2.28. The zero-order valence-electron chi connectivity index (χ0n) is 9.15. The van der Waals surface area contributed by atoms with Gasteiger partial charge in [-0.2, -0.15) is 4.73 Å². The average molecular weight is 298 g/mol. The SMILES string of the molecule is O=c1[nH]nc(O)c2c1cc1cc(Cl)c(Cl)cc1[n+]2[O-]. The van der Waals surface area contributed by atoms with Gasteiger partial charge in [-0.1, -0.05) is 23.2 Å². The number of hydrogen-bond donors (Lipinski definition) is 2. The van der Waals surface area contributed by atoms with Gasteiger partial charge < -0.3 is 10.3 Å². The standard InChI is InChI=1S/C11H5Cl2N3O3/c12-6-2-4-1-5-9(11(18)15-14-10(5)17)16(19)8(4)3-7(6)13/h1-3H,(H,14,17)(H,15,18). The summed E-state index contributed by atoms with van der Waals surface area (Å²) in [6.07, 6.45) is 0. The quantitative estimate of drug-likeness (QED) is 0.375. The van der Waals surface area contributed by atoms with E-state index in [2.05, 4.69) is 10.2 Å². The van der Waals surface area contributed by atoms with Gasteiger partial charge in [0, 0.05) is 6.07 Å². The van der Waals surface area contributed by atoms with Crippen molar-refractivity contribution in [3.05, 3.63) is 43.8 Å². The van der Waals surface area contributed by atoms with Crippen LogP contribution in [0.1, 0.15) is 0 Å². The van der Waals surface area contributed by atoms with E-state index in [0.29, 0.717) is 10.1 Å². The Labute approximate surface area is 115 Å². The van der Waals surface area contributed by atoms with Gasteiger partial charge in [-0.15, -0.1) is 5.10 Å². The molecular formula is C11H5Cl2N3O3. The first kappa shape index (κ1) is 12.0. The Morgan fingerprint density at radius 1 is 1.26 bits per heavy atom. The van der Waals surface area contributed by atoms with Crippen molar-refractivity contribution < 1.29 is 9.84 Å². The first-order chi connectivity index (χ1) is 8.99. The fourth-order valence-corrected chi connectivity index (χ4v) is 2.23. The number of hydrogen-bond acceptors (Lipinski definition) is 4. The van der Waals surface area contributed by atoms with Crippen molar-refractivity contribution in [2.24, 2.45) is 0 Å². The van der Waals surface area contributed by atoms with Crippen molar-refractivity contribution in [1.82, 2.24) is 10.2 Å². The smallest absolute Gasteiger partial charge is 0.304 e. The van der Waals surface area contributed by atoms with E-state index in [4.69, 9.17) is 23.2 Å². The Balaban J connectivity index is 2.64. The van der Waals surface area contributed by atoms with Crippen LogP contribution in [0.4, 0.5) is 0 Å². The minimum absolute atomic E-state index is 0.0217. The summed E-state index contributed by atoms with van der Waals surface area (Å²) in [5.74, 6) is -0.558. The molecule has 0 unspecified atom stereocenters. The molecule has 0 bridgehead atoms. The fraction of sp³-hybridized carbons (Fsp3) is 0. The van der Waals surface area contributed by atoms with Gasteiger partial charge in [0.2, 0.25) is 5.52 Å². The fourth-order valence-electron chi connectivity index (χ4n) is 1.90. The lowest BCUT2D eigenvalue weighted by atomic mass is 10.1. The molecule has 0 saturated carbocycles. The number of pyridine rings is 1. The highest BCUT2D eigenvalue weighted by molar-refractivity contribution is 6.42. The van der Waals surface area contributed by atoms with Gasteiger partial charge in [-0.25, -0.2) is 5.10 Å². The number of aromatic nitrogens is 3. The summed E-state index contributed by atoms with van der Waals surface area (Å²) in [4.78, 5) is 11.6. The van der Waals surface area contributed by atoms with Crippen LogP contribution in [0.25, 0.3) is 21.8 Å². The van der Waals surface area contributed by atoms with Gasteiger partial charge in [-0.05, 0) is 12.1 Å². The molecule has 0 aliphatic carbocycles. The Bertz CT molecular complexity index is 892. The normalized spacial score (nSPS) is 11.3. The number of rotatable bonds is 0. The van der Waals surface area contributed by atoms with Crippen LogP contribution in [0.5, 0.6) is 5.88 Å². The van der Waals surface area contributed by atoms with E-state index in [1.54, 1.807) is 0 Å². The third kappa shape index (κ3) is 1.68. The van der Waals surface area contributed by atoms with Gasteiger partial charge in [0.15, 0.2) is 0 Å². The number of benzene rings is 1. The predicted molar refractivity (Wildman–Crippen MR) is 70.5 cm³/mol. The summed E-state index contributed by atoms with van der Waals surface area (Å²) in [6, 6.07) is 4.29. The molecule has 3 aromatic rings. The van der Waals surface area contributed by atoms with Crippen LogP contribution in [-0.4, -0.2) is 15.3 Å². The van der Waals surface area contributed by atoms with Crippen LogP contribution in [0.3, 0.4) is 0 Å². The Morgan fingerprint density at radius 3 is 2.68 bits per heavy atom. The lowest BCUT2D eigenvalue weighted by Gasteiger charge is -2.06. The van der Waals surface area contributed by atoms with Crippen LogP contribution in [0.2, 0.25) is 10.0 Å². The summed E-state index contributed by atoms with van der Waals surface area (Å²) >= 11 is 11.7. The topological polar surface area (TPSA) is 92.9 Å². The first-order valence-corrected chi connectivity index (χ1v) is 5.87. The van der Waals surface area contributed by atoms with Gasteiger partial charge in [0.05, 0.1) is 15.4 Å². The van der Waals surface area contributed by atoms with E-state index in [-0.39, 0.29) is 26.5 Å². The summed E-state index contributed by atoms with van der Waals surface area (Å²) in [5, 5.41) is 28.2. The molecule has 0 saturated heterocycles. The van der Waals surface area contributed by atoms with Gasteiger partial charge >= 0.3 is 5.88 Å². The van der Waals surface area contributed by atoms with Gasteiger partial charge in [0.25, 0.3) is 11.1 Å². The lowest BCUT2D eigenvalue weighted by Crippen LogP contribution is -2.30. The van der Waals surface area contributed by atoms with E-state index in [9.17, 15) is 15.1 Å². The average Bonchev–Trinajstić information content (AvgIpc) is 2.36. The zero-order valence-corrected chi connectivity index (χ0v) is 10.7. The van der Waals surface area contributed by atoms with Crippen LogP contribution in [0, 0.1) is 5.21 Å². The molecular weight excluding hydrogens is 293 g/mol. The third-order valence-electron chi connectivity index (χ3n) is 2.77. The molecule has 0 fully saturated rings. The number of nitrogens with one attached hydrogen (secondary N) is 1. The summed E-state index contributed by atoms with van der Waals surface area (Å²) in [7, 11) is 0. The molecule has 2 heterocycles. The van der Waals surface area contributed by atoms with Crippen molar-refractivity contribution in [3.8, 4) is 5.88 Å². The largest absolute Gasteiger partial charge is 0.618 e. The lowest BCUT2D eigenvalue weighted by molar-refractivity contribution is -0.548. The molecule has 1 aromatic carbocycles. The third-order valence-corrected chi connectivity index (χ3v) is 3.49. The van der Waals surface area contributed by atoms with Crippen molar-refractivity contribution in [3.63, 3.8) is 0 Å². The minimum atomic E-state index is -0.578. The predicted octanol–water partition coefficient (Wildman–Crippen LogP) is 1.72. The second-order valence-corrected chi connectivity index (χ2v) is 4.72. The van der Waals surface area contributed by atoms with E-state index in [1.165, 1.54) is 18.2 Å². The van der Waals surface area contributed by atoms with Crippen LogP contribution < -0.4 is 10.3 Å². The highest BCUT2D eigenvalue weighted by atomic mass is 35.5. The van der Waals surface area contributed by atoms with Crippen LogP contribution in [0.15, 0.2) is 23.0 Å². The maximum atomic E-state index is 12.2. The van der Waals surface area contributed by atoms with Crippen molar-refractivity contribution >= 4 is 45.0 Å². The molecule has 6 nitrogen and oxygen atoms in total. The number of H-pyrrole nitrogens is 1. The molecule has 0 radical (unpaired) electrons. The number of aromatic hydroxyl groups is 1. The highest BCUT2D eigenvalue weighted by Gasteiger charge is 2.19. The Kier molecular flexibility index (Phi) is 2.51. The number of halogens is 2. The summed E-state index contributed by atoms with van der Waals surface area (Å²) in [6.45, 7) is 0. The van der Waals surface area contributed by atoms with E-state index in [0.717, 1.165) is 0 Å². The molecule has 0 aliphatic rings.